The monoisotopic (exact) mass is 148 g/mol. The molecule has 0 amide bonds. The third kappa shape index (κ3) is 1.15. The second kappa shape index (κ2) is 2.44. The summed E-state index contributed by atoms with van der Waals surface area (Å²) in [6, 6.07) is 0. The van der Waals surface area contributed by atoms with Crippen molar-refractivity contribution in [2.24, 2.45) is 0 Å². The summed E-state index contributed by atoms with van der Waals surface area (Å²) in [5.41, 5.74) is 0. The molecule has 0 atom stereocenters. The molecule has 0 N–H and O–H groups in total. The predicted molar refractivity (Wildman–Crippen MR) is 29.1 cm³/mol. The molecule has 0 saturated carbocycles. The molecular formula is C5H8Se. The Bertz CT molecular complexity index is 49.0. The van der Waals surface area contributed by atoms with E-state index in [1.54, 1.807) is 0 Å². The van der Waals surface area contributed by atoms with Gasteiger partial charge in [0, 0.05) is 0 Å². The average Bonchev–Trinajstić information content (AvgIpc) is 1.72. The van der Waals surface area contributed by atoms with Crippen LogP contribution in [0.1, 0.15) is 6.42 Å². The van der Waals surface area contributed by atoms with Crippen LogP contribution in [0.15, 0.2) is 12.2 Å². The summed E-state index contributed by atoms with van der Waals surface area (Å²) in [6.45, 7) is 0. The van der Waals surface area contributed by atoms with Crippen molar-refractivity contribution in [3.63, 3.8) is 0 Å². The first-order chi connectivity index (χ1) is 3.00. The molecule has 0 aromatic carbocycles. The summed E-state index contributed by atoms with van der Waals surface area (Å²) < 4.78 is 0. The van der Waals surface area contributed by atoms with Crippen LogP contribution in [0.2, 0.25) is 10.6 Å². The summed E-state index contributed by atoms with van der Waals surface area (Å²) >= 11 is 0.967. The topological polar surface area (TPSA) is 0 Å². The summed E-state index contributed by atoms with van der Waals surface area (Å²) in [7, 11) is 0. The van der Waals surface area contributed by atoms with E-state index in [0.29, 0.717) is 0 Å². The van der Waals surface area contributed by atoms with Crippen LogP contribution in [-0.2, 0) is 0 Å². The van der Waals surface area contributed by atoms with Gasteiger partial charge in [-0.2, -0.15) is 0 Å². The number of allylic oxidation sites excluding steroid dienone is 2. The van der Waals surface area contributed by atoms with Crippen molar-refractivity contribution in [1.82, 2.24) is 0 Å². The summed E-state index contributed by atoms with van der Waals surface area (Å²) in [6.07, 6.45) is 5.93. The molecule has 0 aromatic heterocycles. The zero-order chi connectivity index (χ0) is 4.24. The van der Waals surface area contributed by atoms with Gasteiger partial charge in [0.2, 0.25) is 0 Å². The molecule has 0 unspecified atom stereocenters. The minimum absolute atomic E-state index is 0.967. The Morgan fingerprint density at radius 1 is 1.33 bits per heavy atom. The quantitative estimate of drug-likeness (QED) is 0.359. The van der Waals surface area contributed by atoms with Gasteiger partial charge in [0.25, 0.3) is 0 Å². The molecule has 1 aliphatic rings. The second-order valence-corrected chi connectivity index (χ2v) is 3.75. The maximum atomic E-state index is 2.30. The van der Waals surface area contributed by atoms with Gasteiger partial charge in [-0.3, -0.25) is 0 Å². The van der Waals surface area contributed by atoms with Crippen LogP contribution < -0.4 is 0 Å². The molecular weight excluding hydrogens is 139 g/mol. The van der Waals surface area contributed by atoms with Gasteiger partial charge in [-0.05, 0) is 0 Å². The van der Waals surface area contributed by atoms with Crippen molar-refractivity contribution in [3.05, 3.63) is 12.2 Å². The van der Waals surface area contributed by atoms with Gasteiger partial charge in [-0.25, -0.2) is 0 Å². The van der Waals surface area contributed by atoms with E-state index in [2.05, 4.69) is 12.2 Å². The SMILES string of the molecule is C1=CC[Se]CC1. The van der Waals surface area contributed by atoms with E-state index < -0.39 is 0 Å². The molecule has 0 aromatic rings. The van der Waals surface area contributed by atoms with E-state index in [9.17, 15) is 0 Å². The van der Waals surface area contributed by atoms with E-state index in [-0.39, 0.29) is 0 Å². The standard InChI is InChI=1S/C5H8Se/c1-2-4-6-5-3-1/h1-2H,3-5H2. The predicted octanol–water partition coefficient (Wildman–Crippen LogP) is 1.49. The zero-order valence-electron chi connectivity index (χ0n) is 3.68. The maximum absolute atomic E-state index is 2.30. The third-order valence-electron chi connectivity index (χ3n) is 0.810. The van der Waals surface area contributed by atoms with E-state index in [0.717, 1.165) is 15.0 Å². The molecule has 0 saturated heterocycles. The first kappa shape index (κ1) is 4.42. The van der Waals surface area contributed by atoms with Crippen molar-refractivity contribution >= 4 is 15.0 Å². The molecule has 34 valence electrons. The number of hydrogen-bond acceptors (Lipinski definition) is 0. The first-order valence-corrected chi connectivity index (χ1v) is 4.65. The van der Waals surface area contributed by atoms with Gasteiger partial charge >= 0.3 is 44.2 Å². The van der Waals surface area contributed by atoms with Crippen LogP contribution in [0.4, 0.5) is 0 Å². The van der Waals surface area contributed by atoms with Crippen molar-refractivity contribution in [1.29, 1.82) is 0 Å². The second-order valence-electron chi connectivity index (χ2n) is 1.33. The van der Waals surface area contributed by atoms with E-state index in [4.69, 9.17) is 0 Å². The molecule has 1 aliphatic heterocycles. The average molecular weight is 147 g/mol. The molecule has 0 radical (unpaired) electrons. The normalized spacial score (nSPS) is 21.3. The van der Waals surface area contributed by atoms with Crippen LogP contribution in [0.5, 0.6) is 0 Å². The molecule has 0 nitrogen and oxygen atoms in total. The number of rotatable bonds is 0. The van der Waals surface area contributed by atoms with Crippen LogP contribution >= 0.6 is 0 Å². The Balaban J connectivity index is 2.26. The Morgan fingerprint density at radius 2 is 2.33 bits per heavy atom. The van der Waals surface area contributed by atoms with Crippen LogP contribution in [0, 0.1) is 0 Å². The Kier molecular flexibility index (Phi) is 1.79. The van der Waals surface area contributed by atoms with Gasteiger partial charge in [0.05, 0.1) is 0 Å². The molecule has 6 heavy (non-hydrogen) atoms. The zero-order valence-corrected chi connectivity index (χ0v) is 5.40. The van der Waals surface area contributed by atoms with Crippen molar-refractivity contribution < 1.29 is 0 Å². The summed E-state index contributed by atoms with van der Waals surface area (Å²) in [5.74, 6) is 0. The molecule has 1 rings (SSSR count). The van der Waals surface area contributed by atoms with Crippen molar-refractivity contribution in [2.45, 2.75) is 17.1 Å². The van der Waals surface area contributed by atoms with Gasteiger partial charge in [0.15, 0.2) is 0 Å². The van der Waals surface area contributed by atoms with Gasteiger partial charge < -0.3 is 0 Å². The third-order valence-corrected chi connectivity index (χ3v) is 2.81. The van der Waals surface area contributed by atoms with Gasteiger partial charge in [-0.15, -0.1) is 0 Å². The molecule has 0 aliphatic carbocycles. The molecule has 0 bridgehead atoms. The Morgan fingerprint density at radius 3 is 2.50 bits per heavy atom. The fourth-order valence-electron chi connectivity index (χ4n) is 0.489. The van der Waals surface area contributed by atoms with Crippen LogP contribution in [0.3, 0.4) is 0 Å². The first-order valence-electron chi connectivity index (χ1n) is 2.23. The molecule has 0 spiro atoms. The van der Waals surface area contributed by atoms with E-state index in [1.807, 2.05) is 0 Å². The minimum atomic E-state index is 0.967. The van der Waals surface area contributed by atoms with Crippen LogP contribution in [0.25, 0.3) is 0 Å². The molecule has 1 heterocycles. The summed E-state index contributed by atoms with van der Waals surface area (Å²) in [4.78, 5) is 0. The molecule has 1 heteroatoms. The van der Waals surface area contributed by atoms with Gasteiger partial charge in [-0.1, -0.05) is 0 Å². The van der Waals surface area contributed by atoms with Gasteiger partial charge in [0.1, 0.15) is 0 Å². The summed E-state index contributed by atoms with van der Waals surface area (Å²) in [5, 5.41) is 2.86. The Hall–Kier alpha value is 0.259. The van der Waals surface area contributed by atoms with E-state index >= 15 is 0 Å². The van der Waals surface area contributed by atoms with Crippen molar-refractivity contribution in [2.75, 3.05) is 0 Å². The fourth-order valence-corrected chi connectivity index (χ4v) is 2.04. The van der Waals surface area contributed by atoms with E-state index in [1.165, 1.54) is 17.1 Å². The van der Waals surface area contributed by atoms with Crippen molar-refractivity contribution in [3.8, 4) is 0 Å². The molecule has 0 fully saturated rings. The van der Waals surface area contributed by atoms with Crippen LogP contribution in [-0.4, -0.2) is 15.0 Å². The number of hydrogen-bond donors (Lipinski definition) is 0. The Labute approximate surface area is 44.8 Å². The fraction of sp³-hybridized carbons (Fsp3) is 0.600.